The third-order valence-electron chi connectivity index (χ3n) is 2.34. The first-order valence-corrected chi connectivity index (χ1v) is 4.83. The minimum Gasteiger partial charge on any atom is -0.386 e. The highest BCUT2D eigenvalue weighted by molar-refractivity contribution is 5.78. The Bertz CT molecular complexity index is 456. The molecule has 0 fully saturated rings. The summed E-state index contributed by atoms with van der Waals surface area (Å²) in [6.07, 6.45) is 1.16. The zero-order chi connectivity index (χ0) is 10.7. The van der Waals surface area contributed by atoms with Gasteiger partial charge in [-0.2, -0.15) is 0 Å². The van der Waals surface area contributed by atoms with Crippen molar-refractivity contribution in [3.8, 4) is 0 Å². The number of pyridine rings is 1. The number of nitrogens with zero attached hydrogens (tertiary/aromatic N) is 1. The van der Waals surface area contributed by atoms with E-state index in [1.165, 1.54) is 0 Å². The van der Waals surface area contributed by atoms with Gasteiger partial charge in [-0.05, 0) is 17.7 Å². The molecule has 15 heavy (non-hydrogen) atoms. The lowest BCUT2D eigenvalue weighted by Crippen LogP contribution is -2.04. The zero-order valence-corrected chi connectivity index (χ0v) is 8.55. The number of benzene rings is 1. The van der Waals surface area contributed by atoms with E-state index in [1.807, 2.05) is 30.3 Å². The summed E-state index contributed by atoms with van der Waals surface area (Å²) in [4.78, 5) is 4.23. The maximum atomic E-state index is 9.73. The first kappa shape index (κ1) is 10.1. The van der Waals surface area contributed by atoms with E-state index in [9.17, 15) is 5.11 Å². The van der Waals surface area contributed by atoms with Gasteiger partial charge in [0.25, 0.3) is 0 Å². The molecule has 0 aliphatic carbocycles. The van der Waals surface area contributed by atoms with Crippen LogP contribution in [0.1, 0.15) is 11.7 Å². The maximum absolute atomic E-state index is 9.73. The van der Waals surface area contributed by atoms with Crippen molar-refractivity contribution in [2.45, 2.75) is 6.10 Å². The number of rotatable bonds is 3. The van der Waals surface area contributed by atoms with Crippen molar-refractivity contribution in [2.75, 3.05) is 13.7 Å². The van der Waals surface area contributed by atoms with Gasteiger partial charge in [-0.1, -0.05) is 18.2 Å². The fourth-order valence-electron chi connectivity index (χ4n) is 1.54. The summed E-state index contributed by atoms with van der Waals surface area (Å²) in [5.41, 5.74) is 1.73. The van der Waals surface area contributed by atoms with Crippen molar-refractivity contribution < 1.29 is 9.84 Å². The lowest BCUT2D eigenvalue weighted by atomic mass is 10.1. The Morgan fingerprint density at radius 3 is 3.07 bits per heavy atom. The molecule has 78 valence electrons. The van der Waals surface area contributed by atoms with Crippen molar-refractivity contribution in [1.82, 2.24) is 4.98 Å². The van der Waals surface area contributed by atoms with E-state index in [0.717, 1.165) is 16.5 Å². The monoisotopic (exact) mass is 203 g/mol. The lowest BCUT2D eigenvalue weighted by Gasteiger charge is -2.09. The molecule has 1 aromatic carbocycles. The molecule has 0 saturated heterocycles. The molecule has 1 atom stereocenters. The van der Waals surface area contributed by atoms with Gasteiger partial charge in [-0.3, -0.25) is 4.98 Å². The molecule has 2 rings (SSSR count). The molecular weight excluding hydrogens is 190 g/mol. The van der Waals surface area contributed by atoms with Crippen LogP contribution < -0.4 is 0 Å². The summed E-state index contributed by atoms with van der Waals surface area (Å²) in [6.45, 7) is 0.304. The molecule has 0 spiro atoms. The number of fused-ring (bicyclic) bond motifs is 1. The van der Waals surface area contributed by atoms with Gasteiger partial charge in [-0.15, -0.1) is 0 Å². The Morgan fingerprint density at radius 1 is 1.40 bits per heavy atom. The average molecular weight is 203 g/mol. The minimum absolute atomic E-state index is 0.304. The molecule has 1 heterocycles. The molecule has 3 nitrogen and oxygen atoms in total. The normalized spacial score (nSPS) is 12.9. The second kappa shape index (κ2) is 4.38. The largest absolute Gasteiger partial charge is 0.386 e. The van der Waals surface area contributed by atoms with Gasteiger partial charge in [0, 0.05) is 18.7 Å². The average Bonchev–Trinajstić information content (AvgIpc) is 2.29. The van der Waals surface area contributed by atoms with Crippen molar-refractivity contribution in [3.63, 3.8) is 0 Å². The quantitative estimate of drug-likeness (QED) is 0.828. The van der Waals surface area contributed by atoms with Crippen LogP contribution in [0, 0.1) is 0 Å². The van der Waals surface area contributed by atoms with Crippen molar-refractivity contribution >= 4 is 10.9 Å². The molecule has 0 saturated carbocycles. The highest BCUT2D eigenvalue weighted by atomic mass is 16.5. The molecule has 1 unspecified atom stereocenters. The molecule has 3 heteroatoms. The summed E-state index contributed by atoms with van der Waals surface area (Å²) in [7, 11) is 1.57. The summed E-state index contributed by atoms with van der Waals surface area (Å²) < 4.78 is 4.90. The van der Waals surface area contributed by atoms with Crippen LogP contribution in [0.25, 0.3) is 10.9 Å². The third kappa shape index (κ3) is 2.14. The van der Waals surface area contributed by atoms with Crippen LogP contribution >= 0.6 is 0 Å². The second-order valence-electron chi connectivity index (χ2n) is 3.43. The maximum Gasteiger partial charge on any atom is 0.102 e. The van der Waals surface area contributed by atoms with Crippen LogP contribution in [0.3, 0.4) is 0 Å². The van der Waals surface area contributed by atoms with Gasteiger partial charge in [-0.25, -0.2) is 0 Å². The SMILES string of the molecule is COCC(O)c1ccc2cccnc2c1. The Hall–Kier alpha value is -1.45. The standard InChI is InChI=1S/C12H13NO2/c1-15-8-12(14)10-5-4-9-3-2-6-13-11(9)7-10/h2-7,12,14H,8H2,1H3. The number of hydrogen-bond donors (Lipinski definition) is 1. The molecule has 0 bridgehead atoms. The number of hydrogen-bond acceptors (Lipinski definition) is 3. The van der Waals surface area contributed by atoms with Crippen molar-refractivity contribution in [2.24, 2.45) is 0 Å². The highest BCUT2D eigenvalue weighted by Gasteiger charge is 2.07. The Morgan fingerprint density at radius 2 is 2.27 bits per heavy atom. The van der Waals surface area contributed by atoms with Crippen LogP contribution in [0.5, 0.6) is 0 Å². The van der Waals surface area contributed by atoms with E-state index in [0.29, 0.717) is 6.61 Å². The third-order valence-corrected chi connectivity index (χ3v) is 2.34. The van der Waals surface area contributed by atoms with Gasteiger partial charge in [0.15, 0.2) is 0 Å². The van der Waals surface area contributed by atoms with Crippen LogP contribution in [0.4, 0.5) is 0 Å². The predicted molar refractivity (Wildman–Crippen MR) is 58.6 cm³/mol. The predicted octanol–water partition coefficient (Wildman–Crippen LogP) is 1.91. The molecular formula is C12H13NO2. The van der Waals surface area contributed by atoms with E-state index in [4.69, 9.17) is 4.74 Å². The summed E-state index contributed by atoms with van der Waals surface area (Å²) in [5, 5.41) is 10.8. The number of aliphatic hydroxyl groups excluding tert-OH is 1. The zero-order valence-electron chi connectivity index (χ0n) is 8.55. The van der Waals surface area contributed by atoms with Gasteiger partial charge in [0.05, 0.1) is 12.1 Å². The first-order chi connectivity index (χ1) is 7.31. The van der Waals surface area contributed by atoms with Crippen LogP contribution in [-0.2, 0) is 4.74 Å². The molecule has 0 aliphatic heterocycles. The van der Waals surface area contributed by atoms with Crippen LogP contribution in [-0.4, -0.2) is 23.8 Å². The van der Waals surface area contributed by atoms with E-state index >= 15 is 0 Å². The van der Waals surface area contributed by atoms with Gasteiger partial charge in [0.2, 0.25) is 0 Å². The lowest BCUT2D eigenvalue weighted by molar-refractivity contribution is 0.0645. The number of ether oxygens (including phenoxy) is 1. The van der Waals surface area contributed by atoms with Crippen LogP contribution in [0.2, 0.25) is 0 Å². The molecule has 0 aliphatic rings. The first-order valence-electron chi connectivity index (χ1n) is 4.83. The fraction of sp³-hybridized carbons (Fsp3) is 0.250. The van der Waals surface area contributed by atoms with E-state index in [-0.39, 0.29) is 0 Å². The van der Waals surface area contributed by atoms with E-state index in [2.05, 4.69) is 4.98 Å². The number of methoxy groups -OCH3 is 1. The second-order valence-corrected chi connectivity index (χ2v) is 3.43. The van der Waals surface area contributed by atoms with Crippen molar-refractivity contribution in [1.29, 1.82) is 0 Å². The molecule has 1 N–H and O–H groups in total. The summed E-state index contributed by atoms with van der Waals surface area (Å²) in [5.74, 6) is 0. The Kier molecular flexibility index (Phi) is 2.94. The smallest absolute Gasteiger partial charge is 0.102 e. The molecule has 1 aromatic heterocycles. The van der Waals surface area contributed by atoms with E-state index in [1.54, 1.807) is 13.3 Å². The molecule has 2 aromatic rings. The van der Waals surface area contributed by atoms with Gasteiger partial charge in [0.1, 0.15) is 6.10 Å². The van der Waals surface area contributed by atoms with Gasteiger partial charge >= 0.3 is 0 Å². The Labute approximate surface area is 88.3 Å². The van der Waals surface area contributed by atoms with Crippen LogP contribution in [0.15, 0.2) is 36.5 Å². The fourth-order valence-corrected chi connectivity index (χ4v) is 1.54. The van der Waals surface area contributed by atoms with Crippen molar-refractivity contribution in [3.05, 3.63) is 42.1 Å². The minimum atomic E-state index is -0.582. The van der Waals surface area contributed by atoms with Gasteiger partial charge < -0.3 is 9.84 Å². The summed E-state index contributed by atoms with van der Waals surface area (Å²) >= 11 is 0. The highest BCUT2D eigenvalue weighted by Crippen LogP contribution is 2.18. The summed E-state index contributed by atoms with van der Waals surface area (Å²) in [6, 6.07) is 9.63. The van der Waals surface area contributed by atoms with E-state index < -0.39 is 6.10 Å². The topological polar surface area (TPSA) is 42.4 Å². The number of aromatic nitrogens is 1. The molecule has 0 radical (unpaired) electrons. The molecule has 0 amide bonds. The number of aliphatic hydroxyl groups is 1. The Balaban J connectivity index is 2.38.